The van der Waals surface area contributed by atoms with E-state index in [2.05, 4.69) is 5.32 Å². The van der Waals surface area contributed by atoms with E-state index >= 15 is 0 Å². The lowest BCUT2D eigenvalue weighted by molar-refractivity contribution is -0.128. The van der Waals surface area contributed by atoms with Gasteiger partial charge >= 0.3 is 0 Å². The zero-order valence-electron chi connectivity index (χ0n) is 13.9. The minimum Gasteiger partial charge on any atom is -0.508 e. The summed E-state index contributed by atoms with van der Waals surface area (Å²) >= 11 is 0. The molecule has 0 saturated carbocycles. The molecule has 2 aromatic rings. The highest BCUT2D eigenvalue weighted by Crippen LogP contribution is 2.36. The van der Waals surface area contributed by atoms with Crippen molar-refractivity contribution in [2.75, 3.05) is 5.32 Å². The van der Waals surface area contributed by atoms with Gasteiger partial charge in [-0.25, -0.2) is 0 Å². The minimum atomic E-state index is -1.14. The molecule has 0 radical (unpaired) electrons. The number of hydrogen-bond acceptors (Lipinski definition) is 4. The fourth-order valence-electron chi connectivity index (χ4n) is 2.79. The van der Waals surface area contributed by atoms with Gasteiger partial charge in [-0.15, -0.1) is 0 Å². The molecule has 24 heavy (non-hydrogen) atoms. The van der Waals surface area contributed by atoms with Crippen LogP contribution in [0.25, 0.3) is 0 Å². The molecule has 2 unspecified atom stereocenters. The van der Waals surface area contributed by atoms with Gasteiger partial charge in [-0.05, 0) is 40.8 Å². The third-order valence-corrected chi connectivity index (χ3v) is 4.11. The molecule has 0 aromatic heterocycles. The molecule has 3 N–H and O–H groups in total. The van der Waals surface area contributed by atoms with E-state index in [1.807, 2.05) is 20.8 Å². The molecule has 1 aliphatic rings. The lowest BCUT2D eigenvalue weighted by Gasteiger charge is -2.30. The van der Waals surface area contributed by atoms with Gasteiger partial charge < -0.3 is 20.3 Å². The summed E-state index contributed by atoms with van der Waals surface area (Å²) in [5, 5.41) is 23.5. The number of fused-ring (bicyclic) bond motifs is 1. The van der Waals surface area contributed by atoms with Crippen molar-refractivity contribution in [2.24, 2.45) is 0 Å². The highest BCUT2D eigenvalue weighted by atomic mass is 16.5. The van der Waals surface area contributed by atoms with E-state index in [1.54, 1.807) is 36.4 Å². The van der Waals surface area contributed by atoms with Crippen molar-refractivity contribution in [3.63, 3.8) is 0 Å². The van der Waals surface area contributed by atoms with Crippen LogP contribution in [0.1, 0.15) is 38.0 Å². The molecule has 3 rings (SSSR count). The Labute approximate surface area is 140 Å². The fourth-order valence-corrected chi connectivity index (χ4v) is 2.79. The number of phenolic OH excluding ortho intramolecular Hbond substituents is 1. The summed E-state index contributed by atoms with van der Waals surface area (Å²) < 4.78 is 5.69. The number of ether oxygens (including phenoxy) is 1. The van der Waals surface area contributed by atoms with E-state index in [1.165, 1.54) is 6.07 Å². The standard InChI is InChI=1S/C19H21NO4/c1-19(2,3)12-10-11(8-9-14(12)21)16(22)17-18(23)20-13-6-4-5-7-15(13)24-17/h4-10,16-17,21-22H,1-3H3,(H,20,23). The first-order chi connectivity index (χ1) is 11.3. The Morgan fingerprint density at radius 1 is 1.17 bits per heavy atom. The van der Waals surface area contributed by atoms with Crippen LogP contribution in [-0.2, 0) is 10.2 Å². The smallest absolute Gasteiger partial charge is 0.268 e. The van der Waals surface area contributed by atoms with Gasteiger partial charge in [0.05, 0.1) is 5.69 Å². The monoisotopic (exact) mass is 327 g/mol. The van der Waals surface area contributed by atoms with Crippen LogP contribution in [0.4, 0.5) is 5.69 Å². The van der Waals surface area contributed by atoms with Gasteiger partial charge in [-0.3, -0.25) is 4.79 Å². The molecule has 0 aliphatic carbocycles. The van der Waals surface area contributed by atoms with Crippen LogP contribution in [0.15, 0.2) is 42.5 Å². The number of benzene rings is 2. The number of aliphatic hydroxyl groups is 1. The maximum Gasteiger partial charge on any atom is 0.268 e. The molecule has 126 valence electrons. The van der Waals surface area contributed by atoms with Gasteiger partial charge in [0.25, 0.3) is 5.91 Å². The van der Waals surface area contributed by atoms with Crippen LogP contribution in [0.3, 0.4) is 0 Å². The van der Waals surface area contributed by atoms with Gasteiger partial charge in [0, 0.05) is 0 Å². The van der Waals surface area contributed by atoms with Crippen LogP contribution in [0, 0.1) is 0 Å². The number of amides is 1. The number of nitrogens with one attached hydrogen (secondary N) is 1. The molecule has 1 amide bonds. The molecule has 1 aliphatic heterocycles. The summed E-state index contributed by atoms with van der Waals surface area (Å²) in [6.45, 7) is 5.91. The van der Waals surface area contributed by atoms with Crippen molar-refractivity contribution in [3.05, 3.63) is 53.6 Å². The number of hydrogen-bond donors (Lipinski definition) is 3. The van der Waals surface area contributed by atoms with E-state index in [9.17, 15) is 15.0 Å². The normalized spacial score (nSPS) is 18.3. The van der Waals surface area contributed by atoms with Gasteiger partial charge in [-0.1, -0.05) is 39.0 Å². The number of phenols is 1. The Balaban J connectivity index is 1.92. The largest absolute Gasteiger partial charge is 0.508 e. The van der Waals surface area contributed by atoms with E-state index in [-0.39, 0.29) is 11.2 Å². The average Bonchev–Trinajstić information content (AvgIpc) is 2.53. The molecule has 5 heteroatoms. The van der Waals surface area contributed by atoms with Crippen molar-refractivity contribution in [2.45, 2.75) is 38.4 Å². The molecule has 5 nitrogen and oxygen atoms in total. The zero-order chi connectivity index (χ0) is 17.5. The molecule has 0 fully saturated rings. The Morgan fingerprint density at radius 2 is 1.88 bits per heavy atom. The Hall–Kier alpha value is -2.53. The number of para-hydroxylation sites is 2. The van der Waals surface area contributed by atoms with Crippen LogP contribution in [0.5, 0.6) is 11.5 Å². The number of aliphatic hydroxyl groups excluding tert-OH is 1. The first-order valence-electron chi connectivity index (χ1n) is 7.85. The molecule has 2 aromatic carbocycles. The maximum absolute atomic E-state index is 12.3. The minimum absolute atomic E-state index is 0.165. The number of rotatable bonds is 2. The summed E-state index contributed by atoms with van der Waals surface area (Å²) in [6, 6.07) is 11.9. The first-order valence-corrected chi connectivity index (χ1v) is 7.85. The Bertz CT molecular complexity index is 779. The Morgan fingerprint density at radius 3 is 2.58 bits per heavy atom. The fraction of sp³-hybridized carbons (Fsp3) is 0.316. The van der Waals surface area contributed by atoms with Crippen molar-refractivity contribution < 1.29 is 19.7 Å². The van der Waals surface area contributed by atoms with Crippen LogP contribution < -0.4 is 10.1 Å². The van der Waals surface area contributed by atoms with Crippen LogP contribution >= 0.6 is 0 Å². The van der Waals surface area contributed by atoms with E-state index < -0.39 is 18.1 Å². The molecular weight excluding hydrogens is 306 g/mol. The summed E-state index contributed by atoms with van der Waals surface area (Å²) in [7, 11) is 0. The highest BCUT2D eigenvalue weighted by Gasteiger charge is 2.35. The lowest BCUT2D eigenvalue weighted by atomic mass is 9.84. The summed E-state index contributed by atoms with van der Waals surface area (Å²) in [5.41, 5.74) is 1.53. The summed E-state index contributed by atoms with van der Waals surface area (Å²) in [5.74, 6) is 0.292. The Kier molecular flexibility index (Phi) is 3.97. The number of carbonyl (C=O) groups is 1. The van der Waals surface area contributed by atoms with Crippen LogP contribution in [0.2, 0.25) is 0 Å². The quantitative estimate of drug-likeness (QED) is 0.792. The van der Waals surface area contributed by atoms with E-state index in [0.29, 0.717) is 22.6 Å². The predicted octanol–water partition coefficient (Wildman–Crippen LogP) is 3.12. The average molecular weight is 327 g/mol. The van der Waals surface area contributed by atoms with Gasteiger partial charge in [0.2, 0.25) is 6.10 Å². The number of carbonyl (C=O) groups excluding carboxylic acids is 1. The molecule has 0 bridgehead atoms. The maximum atomic E-state index is 12.3. The molecule has 0 saturated heterocycles. The van der Waals surface area contributed by atoms with Gasteiger partial charge in [-0.2, -0.15) is 0 Å². The summed E-state index contributed by atoms with van der Waals surface area (Å²) in [6.07, 6.45) is -2.18. The molecule has 0 spiro atoms. The second-order valence-corrected chi connectivity index (χ2v) is 7.00. The third-order valence-electron chi connectivity index (χ3n) is 4.11. The van der Waals surface area contributed by atoms with Crippen molar-refractivity contribution in [3.8, 4) is 11.5 Å². The SMILES string of the molecule is CC(C)(C)c1cc(C(O)C2Oc3ccccc3NC2=O)ccc1O. The predicted molar refractivity (Wildman–Crippen MR) is 91.3 cm³/mol. The first kappa shape index (κ1) is 16.3. The molecule has 1 heterocycles. The second-order valence-electron chi connectivity index (χ2n) is 7.00. The molecule has 2 atom stereocenters. The summed E-state index contributed by atoms with van der Waals surface area (Å²) in [4.78, 5) is 12.3. The molecular formula is C19H21NO4. The van der Waals surface area contributed by atoms with E-state index in [0.717, 1.165) is 0 Å². The topological polar surface area (TPSA) is 78.8 Å². The van der Waals surface area contributed by atoms with Gasteiger partial charge in [0.15, 0.2) is 0 Å². The third kappa shape index (κ3) is 2.95. The number of aromatic hydroxyl groups is 1. The van der Waals surface area contributed by atoms with Crippen molar-refractivity contribution in [1.82, 2.24) is 0 Å². The lowest BCUT2D eigenvalue weighted by Crippen LogP contribution is -2.41. The van der Waals surface area contributed by atoms with Crippen LogP contribution in [-0.4, -0.2) is 22.2 Å². The van der Waals surface area contributed by atoms with Crippen molar-refractivity contribution in [1.29, 1.82) is 0 Å². The highest BCUT2D eigenvalue weighted by molar-refractivity contribution is 5.98. The van der Waals surface area contributed by atoms with Gasteiger partial charge in [0.1, 0.15) is 17.6 Å². The van der Waals surface area contributed by atoms with E-state index in [4.69, 9.17) is 4.74 Å². The second kappa shape index (κ2) is 5.83. The van der Waals surface area contributed by atoms with Crippen molar-refractivity contribution >= 4 is 11.6 Å². The number of anilines is 1. The zero-order valence-corrected chi connectivity index (χ0v) is 13.9.